The SMILES string of the molecule is COC(=O)C(C)C(C(C)=O)C1=CCC=C1. The van der Waals surface area contributed by atoms with Gasteiger partial charge in [-0.3, -0.25) is 9.59 Å². The molecule has 0 amide bonds. The normalized spacial score (nSPS) is 18.2. The van der Waals surface area contributed by atoms with Crippen molar-refractivity contribution in [3.05, 3.63) is 23.8 Å². The highest BCUT2D eigenvalue weighted by Gasteiger charge is 2.30. The van der Waals surface area contributed by atoms with Gasteiger partial charge in [-0.05, 0) is 18.9 Å². The molecule has 3 nitrogen and oxygen atoms in total. The number of rotatable bonds is 4. The molecule has 0 saturated carbocycles. The lowest BCUT2D eigenvalue weighted by atomic mass is 9.84. The van der Waals surface area contributed by atoms with Crippen molar-refractivity contribution in [3.63, 3.8) is 0 Å². The van der Waals surface area contributed by atoms with Crippen LogP contribution in [0.15, 0.2) is 23.8 Å². The van der Waals surface area contributed by atoms with E-state index in [1.807, 2.05) is 18.2 Å². The maximum Gasteiger partial charge on any atom is 0.309 e. The Labute approximate surface area is 89.8 Å². The van der Waals surface area contributed by atoms with E-state index in [0.29, 0.717) is 0 Å². The lowest BCUT2D eigenvalue weighted by molar-refractivity contribution is -0.148. The molecule has 3 heteroatoms. The lowest BCUT2D eigenvalue weighted by Crippen LogP contribution is -2.28. The van der Waals surface area contributed by atoms with Crippen molar-refractivity contribution >= 4 is 11.8 Å². The highest BCUT2D eigenvalue weighted by molar-refractivity contribution is 5.88. The fourth-order valence-corrected chi connectivity index (χ4v) is 1.90. The average Bonchev–Trinajstić information content (AvgIpc) is 2.69. The van der Waals surface area contributed by atoms with E-state index in [1.54, 1.807) is 6.92 Å². The monoisotopic (exact) mass is 208 g/mol. The van der Waals surface area contributed by atoms with Crippen LogP contribution in [0, 0.1) is 11.8 Å². The van der Waals surface area contributed by atoms with E-state index < -0.39 is 5.92 Å². The molecule has 0 heterocycles. The molecule has 15 heavy (non-hydrogen) atoms. The number of ketones is 1. The van der Waals surface area contributed by atoms with Crippen LogP contribution in [0.1, 0.15) is 20.3 Å². The predicted octanol–water partition coefficient (Wildman–Crippen LogP) is 1.89. The Balaban J connectivity index is 2.87. The van der Waals surface area contributed by atoms with Gasteiger partial charge in [0.25, 0.3) is 0 Å². The smallest absolute Gasteiger partial charge is 0.309 e. The van der Waals surface area contributed by atoms with Crippen LogP contribution in [-0.2, 0) is 14.3 Å². The number of Topliss-reactive ketones (excluding diaryl/α,β-unsaturated/α-hetero) is 1. The van der Waals surface area contributed by atoms with Crippen LogP contribution in [0.4, 0.5) is 0 Å². The van der Waals surface area contributed by atoms with E-state index in [0.717, 1.165) is 12.0 Å². The van der Waals surface area contributed by atoms with Crippen molar-refractivity contribution in [2.45, 2.75) is 20.3 Å². The van der Waals surface area contributed by atoms with Gasteiger partial charge in [0.05, 0.1) is 18.9 Å². The zero-order chi connectivity index (χ0) is 11.4. The number of methoxy groups -OCH3 is 1. The fourth-order valence-electron chi connectivity index (χ4n) is 1.90. The van der Waals surface area contributed by atoms with Crippen LogP contribution in [-0.4, -0.2) is 18.9 Å². The topological polar surface area (TPSA) is 43.4 Å². The summed E-state index contributed by atoms with van der Waals surface area (Å²) in [6, 6.07) is 0. The third-order valence-electron chi connectivity index (χ3n) is 2.67. The lowest BCUT2D eigenvalue weighted by Gasteiger charge is -2.19. The minimum atomic E-state index is -0.415. The van der Waals surface area contributed by atoms with Crippen LogP contribution in [0.2, 0.25) is 0 Å². The summed E-state index contributed by atoms with van der Waals surface area (Å²) in [4.78, 5) is 22.9. The number of hydrogen-bond donors (Lipinski definition) is 0. The first-order chi connectivity index (χ1) is 7.07. The molecule has 1 aliphatic rings. The van der Waals surface area contributed by atoms with E-state index in [4.69, 9.17) is 0 Å². The van der Waals surface area contributed by atoms with Crippen LogP contribution in [0.5, 0.6) is 0 Å². The van der Waals surface area contributed by atoms with E-state index in [-0.39, 0.29) is 17.7 Å². The van der Waals surface area contributed by atoms with E-state index in [1.165, 1.54) is 14.0 Å². The van der Waals surface area contributed by atoms with E-state index >= 15 is 0 Å². The third kappa shape index (κ3) is 2.55. The van der Waals surface area contributed by atoms with Crippen molar-refractivity contribution in [2.24, 2.45) is 11.8 Å². The maximum absolute atomic E-state index is 11.5. The molecule has 0 fully saturated rings. The number of carbonyl (C=O) groups is 2. The molecular formula is C12H16O3. The maximum atomic E-state index is 11.5. The van der Waals surface area contributed by atoms with Gasteiger partial charge < -0.3 is 4.74 Å². The Morgan fingerprint density at radius 2 is 2.13 bits per heavy atom. The summed E-state index contributed by atoms with van der Waals surface area (Å²) in [7, 11) is 1.34. The Morgan fingerprint density at radius 1 is 1.47 bits per heavy atom. The van der Waals surface area contributed by atoms with Gasteiger partial charge >= 0.3 is 5.97 Å². The number of ether oxygens (including phenoxy) is 1. The quantitative estimate of drug-likeness (QED) is 0.662. The van der Waals surface area contributed by atoms with Crippen molar-refractivity contribution in [3.8, 4) is 0 Å². The summed E-state index contributed by atoms with van der Waals surface area (Å²) < 4.78 is 4.66. The molecule has 82 valence electrons. The highest BCUT2D eigenvalue weighted by atomic mass is 16.5. The Kier molecular flexibility index (Phi) is 3.83. The Bertz CT molecular complexity index is 326. The first-order valence-corrected chi connectivity index (χ1v) is 5.02. The second-order valence-electron chi connectivity index (χ2n) is 3.74. The molecule has 1 rings (SSSR count). The summed E-state index contributed by atoms with van der Waals surface area (Å²) >= 11 is 0. The second-order valence-corrected chi connectivity index (χ2v) is 3.74. The van der Waals surface area contributed by atoms with Gasteiger partial charge in [-0.15, -0.1) is 0 Å². The fraction of sp³-hybridized carbons (Fsp3) is 0.500. The Morgan fingerprint density at radius 3 is 2.53 bits per heavy atom. The summed E-state index contributed by atoms with van der Waals surface area (Å²) in [6.07, 6.45) is 6.71. The van der Waals surface area contributed by atoms with Crippen molar-refractivity contribution < 1.29 is 14.3 Å². The molecule has 1 aliphatic carbocycles. The largest absolute Gasteiger partial charge is 0.469 e. The van der Waals surface area contributed by atoms with Gasteiger partial charge in [0, 0.05) is 0 Å². The molecule has 0 aliphatic heterocycles. The summed E-state index contributed by atoms with van der Waals surface area (Å²) in [5.74, 6) is -1.11. The number of hydrogen-bond acceptors (Lipinski definition) is 3. The van der Waals surface area contributed by atoms with Crippen molar-refractivity contribution in [1.29, 1.82) is 0 Å². The summed E-state index contributed by atoms with van der Waals surface area (Å²) in [5, 5.41) is 0. The summed E-state index contributed by atoms with van der Waals surface area (Å²) in [6.45, 7) is 3.24. The van der Waals surface area contributed by atoms with Crippen LogP contribution in [0.25, 0.3) is 0 Å². The van der Waals surface area contributed by atoms with Gasteiger partial charge in [0.2, 0.25) is 0 Å². The first kappa shape index (κ1) is 11.7. The van der Waals surface area contributed by atoms with Gasteiger partial charge in [0.15, 0.2) is 0 Å². The van der Waals surface area contributed by atoms with E-state index in [2.05, 4.69) is 4.74 Å². The molecule has 2 unspecified atom stereocenters. The van der Waals surface area contributed by atoms with E-state index in [9.17, 15) is 9.59 Å². The predicted molar refractivity (Wildman–Crippen MR) is 57.2 cm³/mol. The number of carbonyl (C=O) groups excluding carboxylic acids is 2. The van der Waals surface area contributed by atoms with Gasteiger partial charge in [-0.2, -0.15) is 0 Å². The molecule has 0 aromatic rings. The molecule has 0 aromatic carbocycles. The van der Waals surface area contributed by atoms with Gasteiger partial charge in [-0.25, -0.2) is 0 Å². The minimum Gasteiger partial charge on any atom is -0.469 e. The zero-order valence-electron chi connectivity index (χ0n) is 9.32. The molecule has 0 N–H and O–H groups in total. The van der Waals surface area contributed by atoms with Gasteiger partial charge in [0.1, 0.15) is 5.78 Å². The minimum absolute atomic E-state index is 0.00528. The van der Waals surface area contributed by atoms with Crippen molar-refractivity contribution in [2.75, 3.05) is 7.11 Å². The number of esters is 1. The second kappa shape index (κ2) is 4.91. The highest BCUT2D eigenvalue weighted by Crippen LogP contribution is 2.27. The summed E-state index contributed by atoms with van der Waals surface area (Å²) in [5.41, 5.74) is 0.931. The van der Waals surface area contributed by atoms with Crippen molar-refractivity contribution in [1.82, 2.24) is 0 Å². The van der Waals surface area contributed by atoms with Crippen LogP contribution in [0.3, 0.4) is 0 Å². The molecule has 2 atom stereocenters. The molecule has 0 spiro atoms. The molecular weight excluding hydrogens is 192 g/mol. The van der Waals surface area contributed by atoms with Gasteiger partial charge in [-0.1, -0.05) is 25.2 Å². The Hall–Kier alpha value is -1.38. The standard InChI is InChI=1S/C12H16O3/c1-8(12(14)15-3)11(9(2)13)10-6-4-5-7-10/h4,6-8,11H,5H2,1-3H3. The first-order valence-electron chi connectivity index (χ1n) is 5.02. The number of allylic oxidation sites excluding steroid dienone is 4. The molecule has 0 radical (unpaired) electrons. The molecule has 0 aromatic heterocycles. The average molecular weight is 208 g/mol. The molecule has 0 saturated heterocycles. The molecule has 0 bridgehead atoms. The zero-order valence-corrected chi connectivity index (χ0v) is 9.32. The van der Waals surface area contributed by atoms with Crippen LogP contribution < -0.4 is 0 Å². The third-order valence-corrected chi connectivity index (χ3v) is 2.67. The van der Waals surface area contributed by atoms with Crippen LogP contribution >= 0.6 is 0 Å².